The van der Waals surface area contributed by atoms with E-state index in [0.29, 0.717) is 8.45 Å². The van der Waals surface area contributed by atoms with Gasteiger partial charge in [-0.25, -0.2) is 0 Å². The van der Waals surface area contributed by atoms with E-state index < -0.39 is 21.2 Å². The van der Waals surface area contributed by atoms with E-state index in [0.717, 1.165) is 0 Å². The van der Waals surface area contributed by atoms with Crippen LogP contribution in [0.2, 0.25) is 23.6 Å². The van der Waals surface area contributed by atoms with Crippen LogP contribution >= 0.6 is 0 Å². The van der Waals surface area contributed by atoms with Gasteiger partial charge >= 0.3 is 172 Å². The molecule has 5 rings (SSSR count). The summed E-state index contributed by atoms with van der Waals surface area (Å²) < 4.78 is 1.24. The van der Waals surface area contributed by atoms with Crippen molar-refractivity contribution in [3.63, 3.8) is 0 Å². The average molecular weight is 417 g/mol. The molecule has 2 heteroatoms. The summed E-state index contributed by atoms with van der Waals surface area (Å²) in [5.74, 6) is 0. The SMILES string of the molecule is C[SiH](C)[Ti]([CH3])([CH3])([CH]1C=Cc2ccccc21)[CH]1c2ccccc2-c2ccccc21. The summed E-state index contributed by atoms with van der Waals surface area (Å²) >= 11 is -3.07. The molecule has 0 N–H and O–H groups in total. The van der Waals surface area contributed by atoms with Crippen LogP contribution in [-0.2, 0) is 14.6 Å². The molecule has 0 aromatic heterocycles. The first-order valence-electron chi connectivity index (χ1n) is 10.6. The van der Waals surface area contributed by atoms with Gasteiger partial charge in [0.05, 0.1) is 0 Å². The molecule has 0 radical (unpaired) electrons. The van der Waals surface area contributed by atoms with E-state index in [4.69, 9.17) is 0 Å². The Hall–Kier alpha value is -1.67. The first-order valence-corrected chi connectivity index (χ1v) is 21.1. The molecule has 0 saturated heterocycles. The summed E-state index contributed by atoms with van der Waals surface area (Å²) in [6.07, 6.45) is 4.98. The molecule has 2 aliphatic rings. The Kier molecular flexibility index (Phi) is 4.04. The van der Waals surface area contributed by atoms with E-state index in [2.05, 4.69) is 108 Å². The van der Waals surface area contributed by atoms with E-state index in [1.165, 1.54) is 16.7 Å². The van der Waals surface area contributed by atoms with Crippen molar-refractivity contribution in [2.24, 2.45) is 0 Å². The number of benzene rings is 3. The Morgan fingerprint density at radius 3 is 1.75 bits per heavy atom. The average Bonchev–Trinajstić information content (AvgIpc) is 3.28. The molecule has 3 aromatic carbocycles. The van der Waals surface area contributed by atoms with Gasteiger partial charge in [0.2, 0.25) is 0 Å². The van der Waals surface area contributed by atoms with E-state index in [1.807, 2.05) is 0 Å². The summed E-state index contributed by atoms with van der Waals surface area (Å²) in [5, 5.41) is 5.57. The van der Waals surface area contributed by atoms with Gasteiger partial charge < -0.3 is 0 Å². The van der Waals surface area contributed by atoms with Crippen LogP contribution in [-0.4, -0.2) is 6.66 Å². The fourth-order valence-electron chi connectivity index (χ4n) is 6.05. The van der Waals surface area contributed by atoms with Crippen molar-refractivity contribution in [1.29, 1.82) is 0 Å². The van der Waals surface area contributed by atoms with Gasteiger partial charge in [0.1, 0.15) is 0 Å². The minimum absolute atomic E-state index is 0.608. The Balaban J connectivity index is 1.81. The summed E-state index contributed by atoms with van der Waals surface area (Å²) in [5.41, 5.74) is 9.20. The standard InChI is InChI=1S/C13H9.C9H7.C2H7Si.2CH3.Ti/c1-3-7-12-10(5-1)9-11-6-2-4-8-13(11)12;1-2-5-9-7-3-6-8(9)4-1;1-3-2;;;/h1-9H;1-7H;3H,1-2H3;2*1H3;. The zero-order chi connectivity index (χ0) is 19.5. The number of hydrogen-bond donors (Lipinski definition) is 0. The molecule has 1 unspecified atom stereocenters. The fraction of sp³-hybridized carbons (Fsp3) is 0.231. The summed E-state index contributed by atoms with van der Waals surface area (Å²) in [4.78, 5) is 0. The predicted molar refractivity (Wildman–Crippen MR) is 123 cm³/mol. The zero-order valence-corrected chi connectivity index (χ0v) is 20.0. The second-order valence-corrected chi connectivity index (χ2v) is 35.6. The van der Waals surface area contributed by atoms with Crippen molar-refractivity contribution in [2.75, 3.05) is 0 Å². The number of hydrogen-bond acceptors (Lipinski definition) is 0. The molecule has 0 bridgehead atoms. The van der Waals surface area contributed by atoms with Crippen molar-refractivity contribution in [2.45, 2.75) is 32.0 Å². The van der Waals surface area contributed by atoms with Crippen molar-refractivity contribution < 1.29 is 14.6 Å². The van der Waals surface area contributed by atoms with Gasteiger partial charge in [-0.2, -0.15) is 0 Å². The predicted octanol–water partition coefficient (Wildman–Crippen LogP) is 7.29. The molecule has 141 valence electrons. The van der Waals surface area contributed by atoms with Crippen LogP contribution in [0.15, 0.2) is 78.9 Å². The zero-order valence-electron chi connectivity index (χ0n) is 17.3. The van der Waals surface area contributed by atoms with Gasteiger partial charge in [-0.15, -0.1) is 0 Å². The Morgan fingerprint density at radius 2 is 1.18 bits per heavy atom. The molecule has 0 nitrogen and oxygen atoms in total. The molecule has 1 atom stereocenters. The van der Waals surface area contributed by atoms with Crippen LogP contribution in [0, 0.1) is 0 Å². The topological polar surface area (TPSA) is 0 Å². The summed E-state index contributed by atoms with van der Waals surface area (Å²) in [6, 6.07) is 27.6. The maximum atomic E-state index is 2.79. The van der Waals surface area contributed by atoms with Crippen LogP contribution in [0.4, 0.5) is 0 Å². The van der Waals surface area contributed by atoms with E-state index in [1.54, 1.807) is 16.7 Å². The number of allylic oxidation sites excluding steroid dienone is 1. The monoisotopic (exact) mass is 417 g/mol. The van der Waals surface area contributed by atoms with Gasteiger partial charge in [-0.05, 0) is 0 Å². The van der Waals surface area contributed by atoms with Crippen molar-refractivity contribution in [3.8, 4) is 11.1 Å². The quantitative estimate of drug-likeness (QED) is 0.393. The molecule has 0 fully saturated rings. The first kappa shape index (κ1) is 18.4. The van der Waals surface area contributed by atoms with Crippen molar-refractivity contribution in [3.05, 3.63) is 101 Å². The maximum absolute atomic E-state index is 3.07. The molecular weight excluding hydrogens is 388 g/mol. The fourth-order valence-corrected chi connectivity index (χ4v) is 24.1. The Bertz CT molecular complexity index is 1060. The Labute approximate surface area is 171 Å². The molecule has 0 heterocycles. The second-order valence-electron chi connectivity index (χ2n) is 9.96. The normalized spacial score (nSPS) is 19.2. The third-order valence-electron chi connectivity index (χ3n) is 8.35. The van der Waals surface area contributed by atoms with E-state index >= 15 is 0 Å². The minimum atomic E-state index is -3.07. The van der Waals surface area contributed by atoms with Crippen LogP contribution in [0.3, 0.4) is 0 Å². The van der Waals surface area contributed by atoms with Gasteiger partial charge in [-0.3, -0.25) is 0 Å². The number of fused-ring (bicyclic) bond motifs is 4. The summed E-state index contributed by atoms with van der Waals surface area (Å²) in [7, 11) is 0. The first-order chi connectivity index (χ1) is 13.4. The van der Waals surface area contributed by atoms with Crippen LogP contribution < -0.4 is 0 Å². The van der Waals surface area contributed by atoms with E-state index in [9.17, 15) is 0 Å². The van der Waals surface area contributed by atoms with Crippen molar-refractivity contribution >= 4 is 12.7 Å². The third kappa shape index (κ3) is 2.27. The molecule has 28 heavy (non-hydrogen) atoms. The van der Waals surface area contributed by atoms with Gasteiger partial charge in [0, 0.05) is 0 Å². The molecule has 0 aliphatic heterocycles. The molecule has 0 amide bonds. The van der Waals surface area contributed by atoms with Crippen LogP contribution in [0.1, 0.15) is 30.7 Å². The molecule has 3 aromatic rings. The van der Waals surface area contributed by atoms with Gasteiger partial charge in [-0.1, -0.05) is 0 Å². The van der Waals surface area contributed by atoms with Crippen LogP contribution in [0.25, 0.3) is 17.2 Å². The van der Waals surface area contributed by atoms with Gasteiger partial charge in [0.25, 0.3) is 0 Å². The number of rotatable bonds is 3. The van der Waals surface area contributed by atoms with Crippen LogP contribution in [0.5, 0.6) is 0 Å². The van der Waals surface area contributed by atoms with Crippen molar-refractivity contribution in [1.82, 2.24) is 0 Å². The second kappa shape index (κ2) is 6.16. The van der Waals surface area contributed by atoms with Gasteiger partial charge in [0.15, 0.2) is 0 Å². The molecular formula is C26H29SiTi. The van der Waals surface area contributed by atoms with E-state index in [-0.39, 0.29) is 0 Å². The Morgan fingerprint density at radius 1 is 0.679 bits per heavy atom. The molecule has 2 aliphatic carbocycles. The molecule has 0 spiro atoms. The summed E-state index contributed by atoms with van der Waals surface area (Å²) in [6.45, 7) is 4.31. The molecule has 0 saturated carbocycles. The third-order valence-corrected chi connectivity index (χ3v) is 39.6.